The molecule has 0 aromatic rings. The second-order valence-electron chi connectivity index (χ2n) is 1.16. The quantitative estimate of drug-likeness (QED) is 0.320. The molecule has 0 amide bonds. The molecule has 0 saturated heterocycles. The summed E-state index contributed by atoms with van der Waals surface area (Å²) in [6.45, 7) is 3.23. The first-order valence-corrected chi connectivity index (χ1v) is 3.16. The summed E-state index contributed by atoms with van der Waals surface area (Å²) in [6, 6.07) is 0. The molecule has 2 nitrogen and oxygen atoms in total. The number of allylic oxidation sites excluding steroid dienone is 1. The molecule has 0 rings (SSSR count). The van der Waals surface area contributed by atoms with Gasteiger partial charge in [0.15, 0.2) is 0 Å². The Morgan fingerprint density at radius 1 is 1.75 bits per heavy atom. The Balaban J connectivity index is 4.13. The highest BCUT2D eigenvalue weighted by atomic mass is 127. The Hall–Kier alpha value is -0.320. The molecular formula is C5H6INO. The summed E-state index contributed by atoms with van der Waals surface area (Å²) in [5, 5.41) is 15.3. The Morgan fingerprint density at radius 3 is 2.25 bits per heavy atom. The molecule has 0 atom stereocenters. The molecule has 0 aromatic heterocycles. The minimum absolute atomic E-state index is 0.0607. The van der Waals surface area contributed by atoms with E-state index in [9.17, 15) is 0 Å². The van der Waals surface area contributed by atoms with Crippen LogP contribution in [0.4, 0.5) is 0 Å². The predicted octanol–water partition coefficient (Wildman–Crippen LogP) is 2.03. The van der Waals surface area contributed by atoms with Gasteiger partial charge in [0.05, 0.1) is 0 Å². The van der Waals surface area contributed by atoms with Gasteiger partial charge in [-0.25, -0.2) is 0 Å². The van der Waals surface area contributed by atoms with Crippen molar-refractivity contribution in [3.05, 3.63) is 22.0 Å². The van der Waals surface area contributed by atoms with Crippen molar-refractivity contribution in [1.82, 2.24) is 0 Å². The standard InChI is InChI=1S/C5H6INO/c1-4(8)5(2-6)3-7/h2-3,7-8H,1H2/b5-2-,7-3?. The lowest BCUT2D eigenvalue weighted by Gasteiger charge is -1.91. The van der Waals surface area contributed by atoms with E-state index in [0.717, 1.165) is 6.21 Å². The monoisotopic (exact) mass is 223 g/mol. The smallest absolute Gasteiger partial charge is 0.117 e. The van der Waals surface area contributed by atoms with Crippen molar-refractivity contribution in [2.45, 2.75) is 0 Å². The molecule has 0 saturated carbocycles. The molecule has 0 unspecified atom stereocenters. The fourth-order valence-corrected chi connectivity index (χ4v) is 0.717. The summed E-state index contributed by atoms with van der Waals surface area (Å²) in [7, 11) is 0. The highest BCUT2D eigenvalue weighted by molar-refractivity contribution is 14.1. The maximum absolute atomic E-state index is 8.59. The van der Waals surface area contributed by atoms with E-state index in [-0.39, 0.29) is 5.76 Å². The summed E-state index contributed by atoms with van der Waals surface area (Å²) in [5.74, 6) is -0.0607. The van der Waals surface area contributed by atoms with Crippen molar-refractivity contribution in [2.24, 2.45) is 0 Å². The molecule has 3 heteroatoms. The van der Waals surface area contributed by atoms with Gasteiger partial charge in [-0.05, 0) is 4.08 Å². The van der Waals surface area contributed by atoms with Gasteiger partial charge in [0.2, 0.25) is 0 Å². The summed E-state index contributed by atoms with van der Waals surface area (Å²) >= 11 is 1.93. The summed E-state index contributed by atoms with van der Waals surface area (Å²) in [5.41, 5.74) is 0.450. The van der Waals surface area contributed by atoms with Gasteiger partial charge >= 0.3 is 0 Å². The largest absolute Gasteiger partial charge is 0.508 e. The van der Waals surface area contributed by atoms with Crippen molar-refractivity contribution in [1.29, 1.82) is 5.41 Å². The zero-order valence-electron chi connectivity index (χ0n) is 4.19. The van der Waals surface area contributed by atoms with Gasteiger partial charge < -0.3 is 10.5 Å². The normalized spacial score (nSPS) is 10.9. The van der Waals surface area contributed by atoms with Crippen molar-refractivity contribution in [2.75, 3.05) is 0 Å². The van der Waals surface area contributed by atoms with Crippen molar-refractivity contribution >= 4 is 28.8 Å². The number of nitrogens with one attached hydrogen (secondary N) is 1. The number of aliphatic hydroxyl groups is 1. The molecule has 0 aliphatic rings. The maximum atomic E-state index is 8.59. The van der Waals surface area contributed by atoms with E-state index in [0.29, 0.717) is 5.57 Å². The SMILES string of the molecule is C=C(O)/C(C=N)=C\I. The Morgan fingerprint density at radius 2 is 2.25 bits per heavy atom. The molecule has 0 heterocycles. The van der Waals surface area contributed by atoms with Crippen LogP contribution < -0.4 is 0 Å². The zero-order chi connectivity index (χ0) is 6.57. The van der Waals surface area contributed by atoms with Crippen LogP contribution in [-0.4, -0.2) is 11.3 Å². The Bertz CT molecular complexity index is 139. The number of aliphatic hydroxyl groups excluding tert-OH is 1. The molecule has 0 bridgehead atoms. The molecule has 0 aliphatic heterocycles. The zero-order valence-corrected chi connectivity index (χ0v) is 6.34. The third kappa shape index (κ3) is 2.11. The number of halogens is 1. The Kier molecular flexibility index (Phi) is 3.51. The van der Waals surface area contributed by atoms with Crippen LogP contribution in [0.15, 0.2) is 22.0 Å². The van der Waals surface area contributed by atoms with Gasteiger partial charge in [-0.3, -0.25) is 0 Å². The number of hydrogen-bond donors (Lipinski definition) is 2. The van der Waals surface area contributed by atoms with Crippen LogP contribution in [0.2, 0.25) is 0 Å². The van der Waals surface area contributed by atoms with Crippen LogP contribution >= 0.6 is 22.6 Å². The van der Waals surface area contributed by atoms with Gasteiger partial charge in [0.1, 0.15) is 5.76 Å². The van der Waals surface area contributed by atoms with Crippen molar-refractivity contribution < 1.29 is 5.11 Å². The summed E-state index contributed by atoms with van der Waals surface area (Å²) in [4.78, 5) is 0. The van der Waals surface area contributed by atoms with Crippen LogP contribution in [0.1, 0.15) is 0 Å². The van der Waals surface area contributed by atoms with Crippen molar-refractivity contribution in [3.8, 4) is 0 Å². The Labute approximate surface area is 61.6 Å². The topological polar surface area (TPSA) is 44.1 Å². The molecule has 0 radical (unpaired) electrons. The lowest BCUT2D eigenvalue weighted by Crippen LogP contribution is -1.84. The fraction of sp³-hybridized carbons (Fsp3) is 0. The van der Waals surface area contributed by atoms with Gasteiger partial charge in [-0.1, -0.05) is 29.2 Å². The minimum Gasteiger partial charge on any atom is -0.508 e. The molecule has 0 fully saturated rings. The fourth-order valence-electron chi connectivity index (χ4n) is 0.178. The highest BCUT2D eigenvalue weighted by Gasteiger charge is 1.90. The summed E-state index contributed by atoms with van der Waals surface area (Å²) in [6.07, 6.45) is 1.05. The molecule has 44 valence electrons. The predicted molar refractivity (Wildman–Crippen MR) is 42.7 cm³/mol. The molecule has 0 aliphatic carbocycles. The third-order valence-corrected chi connectivity index (χ3v) is 1.28. The van der Waals surface area contributed by atoms with Crippen LogP contribution in [-0.2, 0) is 0 Å². The molecule has 8 heavy (non-hydrogen) atoms. The number of hydrogen-bond acceptors (Lipinski definition) is 2. The van der Waals surface area contributed by atoms with E-state index in [1.54, 1.807) is 4.08 Å². The van der Waals surface area contributed by atoms with Gasteiger partial charge in [-0.15, -0.1) is 0 Å². The second kappa shape index (κ2) is 3.65. The van der Waals surface area contributed by atoms with E-state index < -0.39 is 0 Å². The van der Waals surface area contributed by atoms with E-state index in [2.05, 4.69) is 6.58 Å². The van der Waals surface area contributed by atoms with Crippen LogP contribution in [0.25, 0.3) is 0 Å². The minimum atomic E-state index is -0.0607. The summed E-state index contributed by atoms with van der Waals surface area (Å²) < 4.78 is 1.59. The van der Waals surface area contributed by atoms with E-state index >= 15 is 0 Å². The third-order valence-electron chi connectivity index (χ3n) is 0.606. The first-order valence-electron chi connectivity index (χ1n) is 1.91. The van der Waals surface area contributed by atoms with Gasteiger partial charge in [-0.2, -0.15) is 0 Å². The molecule has 2 N–H and O–H groups in total. The average Bonchev–Trinajstić information content (AvgIpc) is 1.69. The van der Waals surface area contributed by atoms with Crippen LogP contribution in [0, 0.1) is 5.41 Å². The first kappa shape index (κ1) is 7.68. The van der Waals surface area contributed by atoms with E-state index in [1.165, 1.54) is 0 Å². The lowest BCUT2D eigenvalue weighted by molar-refractivity contribution is 0.431. The van der Waals surface area contributed by atoms with Crippen LogP contribution in [0.3, 0.4) is 0 Å². The lowest BCUT2D eigenvalue weighted by atomic mass is 10.3. The van der Waals surface area contributed by atoms with Crippen molar-refractivity contribution in [3.63, 3.8) is 0 Å². The van der Waals surface area contributed by atoms with Gasteiger partial charge in [0, 0.05) is 11.8 Å². The number of rotatable bonds is 2. The average molecular weight is 223 g/mol. The molecule has 0 spiro atoms. The molecular weight excluding hydrogens is 217 g/mol. The van der Waals surface area contributed by atoms with E-state index in [4.69, 9.17) is 10.5 Å². The molecule has 0 aromatic carbocycles. The van der Waals surface area contributed by atoms with Gasteiger partial charge in [0.25, 0.3) is 0 Å². The highest BCUT2D eigenvalue weighted by Crippen LogP contribution is 2.02. The second-order valence-corrected chi connectivity index (χ2v) is 1.78. The van der Waals surface area contributed by atoms with Crippen LogP contribution in [0.5, 0.6) is 0 Å². The van der Waals surface area contributed by atoms with E-state index in [1.807, 2.05) is 22.6 Å². The maximum Gasteiger partial charge on any atom is 0.117 e. The first-order chi connectivity index (χ1) is 3.72.